The first kappa shape index (κ1) is 14.9. The molecule has 1 N–H and O–H groups in total. The third kappa shape index (κ3) is 6.36. The predicted octanol–water partition coefficient (Wildman–Crippen LogP) is 1.28. The molecule has 4 nitrogen and oxygen atoms in total. The van der Waals surface area contributed by atoms with Gasteiger partial charge in [0.25, 0.3) is 0 Å². The molecule has 102 valence electrons. The SMILES string of the molecule is COCCOCCCN1CCCC1CCCO. The third-order valence-electron chi connectivity index (χ3n) is 3.36. The van der Waals surface area contributed by atoms with Gasteiger partial charge in [-0.2, -0.15) is 0 Å². The molecule has 1 fully saturated rings. The van der Waals surface area contributed by atoms with Crippen molar-refractivity contribution in [3.8, 4) is 0 Å². The maximum absolute atomic E-state index is 8.86. The van der Waals surface area contributed by atoms with Crippen LogP contribution in [0.2, 0.25) is 0 Å². The van der Waals surface area contributed by atoms with E-state index in [2.05, 4.69) is 4.90 Å². The van der Waals surface area contributed by atoms with Crippen LogP contribution < -0.4 is 0 Å². The molecule has 0 aromatic rings. The van der Waals surface area contributed by atoms with E-state index >= 15 is 0 Å². The second-order valence-corrected chi connectivity index (χ2v) is 4.66. The van der Waals surface area contributed by atoms with Gasteiger partial charge in [-0.15, -0.1) is 0 Å². The number of likely N-dealkylation sites (tertiary alicyclic amines) is 1. The Morgan fingerprint density at radius 3 is 2.88 bits per heavy atom. The highest BCUT2D eigenvalue weighted by Gasteiger charge is 2.22. The van der Waals surface area contributed by atoms with E-state index < -0.39 is 0 Å². The molecule has 0 saturated carbocycles. The zero-order valence-electron chi connectivity index (χ0n) is 11.1. The van der Waals surface area contributed by atoms with Crippen LogP contribution >= 0.6 is 0 Å². The van der Waals surface area contributed by atoms with Crippen molar-refractivity contribution in [1.82, 2.24) is 4.90 Å². The molecule has 17 heavy (non-hydrogen) atoms. The Labute approximate surface area is 105 Å². The molecule has 4 heteroatoms. The van der Waals surface area contributed by atoms with Gasteiger partial charge >= 0.3 is 0 Å². The summed E-state index contributed by atoms with van der Waals surface area (Å²) in [6, 6.07) is 0.695. The molecule has 0 aromatic heterocycles. The smallest absolute Gasteiger partial charge is 0.0700 e. The average Bonchev–Trinajstić information content (AvgIpc) is 2.78. The van der Waals surface area contributed by atoms with E-state index in [0.717, 1.165) is 32.4 Å². The van der Waals surface area contributed by atoms with Crippen molar-refractivity contribution in [3.05, 3.63) is 0 Å². The Kier molecular flexibility index (Phi) is 8.61. The van der Waals surface area contributed by atoms with E-state index in [1.807, 2.05) is 0 Å². The normalized spacial score (nSPS) is 21.2. The molecule has 1 rings (SSSR count). The van der Waals surface area contributed by atoms with Crippen molar-refractivity contribution < 1.29 is 14.6 Å². The summed E-state index contributed by atoms with van der Waals surface area (Å²) in [5.74, 6) is 0. The summed E-state index contributed by atoms with van der Waals surface area (Å²) in [5.41, 5.74) is 0. The summed E-state index contributed by atoms with van der Waals surface area (Å²) in [5, 5.41) is 8.86. The lowest BCUT2D eigenvalue weighted by Crippen LogP contribution is -2.31. The van der Waals surface area contributed by atoms with Crippen LogP contribution in [0.3, 0.4) is 0 Å². The van der Waals surface area contributed by atoms with E-state index in [-0.39, 0.29) is 0 Å². The fourth-order valence-electron chi connectivity index (χ4n) is 2.46. The van der Waals surface area contributed by atoms with Crippen molar-refractivity contribution in [2.45, 2.75) is 38.1 Å². The number of rotatable bonds is 10. The van der Waals surface area contributed by atoms with E-state index in [0.29, 0.717) is 25.9 Å². The van der Waals surface area contributed by atoms with Crippen molar-refractivity contribution in [3.63, 3.8) is 0 Å². The molecule has 1 aliphatic rings. The summed E-state index contributed by atoms with van der Waals surface area (Å²) in [6.07, 6.45) is 5.77. The van der Waals surface area contributed by atoms with Gasteiger partial charge in [-0.3, -0.25) is 0 Å². The van der Waals surface area contributed by atoms with Gasteiger partial charge in [-0.25, -0.2) is 0 Å². The number of methoxy groups -OCH3 is 1. The molecule has 0 aliphatic carbocycles. The number of ether oxygens (including phenoxy) is 2. The first-order valence-electron chi connectivity index (χ1n) is 6.80. The van der Waals surface area contributed by atoms with Crippen LogP contribution in [0, 0.1) is 0 Å². The summed E-state index contributed by atoms with van der Waals surface area (Å²) in [6.45, 7) is 4.88. The second-order valence-electron chi connectivity index (χ2n) is 4.66. The van der Waals surface area contributed by atoms with Gasteiger partial charge < -0.3 is 19.5 Å². The summed E-state index contributed by atoms with van der Waals surface area (Å²) >= 11 is 0. The molecule has 1 saturated heterocycles. The highest BCUT2D eigenvalue weighted by molar-refractivity contribution is 4.78. The first-order valence-corrected chi connectivity index (χ1v) is 6.80. The van der Waals surface area contributed by atoms with Crippen LogP contribution in [-0.2, 0) is 9.47 Å². The molecule has 0 aromatic carbocycles. The second kappa shape index (κ2) is 9.83. The Bertz CT molecular complexity index is 178. The Morgan fingerprint density at radius 2 is 2.12 bits per heavy atom. The minimum absolute atomic E-state index is 0.324. The van der Waals surface area contributed by atoms with E-state index in [1.165, 1.54) is 19.4 Å². The van der Waals surface area contributed by atoms with Crippen LogP contribution in [-0.4, -0.2) is 62.7 Å². The molecule has 1 atom stereocenters. The molecule has 1 unspecified atom stereocenters. The Balaban J connectivity index is 2.00. The first-order chi connectivity index (χ1) is 8.38. The minimum Gasteiger partial charge on any atom is -0.396 e. The summed E-state index contributed by atoms with van der Waals surface area (Å²) in [7, 11) is 1.69. The number of hydrogen-bond acceptors (Lipinski definition) is 4. The van der Waals surface area contributed by atoms with Crippen molar-refractivity contribution >= 4 is 0 Å². The standard InChI is InChI=1S/C13H27NO3/c1-16-11-12-17-10-4-8-14-7-2-5-13(14)6-3-9-15/h13,15H,2-12H2,1H3. The van der Waals surface area contributed by atoms with E-state index in [9.17, 15) is 0 Å². The number of hydrogen-bond donors (Lipinski definition) is 1. The van der Waals surface area contributed by atoms with Gasteiger partial charge in [0.05, 0.1) is 13.2 Å². The van der Waals surface area contributed by atoms with Gasteiger partial charge in [-0.1, -0.05) is 0 Å². The van der Waals surface area contributed by atoms with Crippen LogP contribution in [0.15, 0.2) is 0 Å². The molecule has 0 amide bonds. The zero-order chi connectivity index (χ0) is 12.3. The fraction of sp³-hybridized carbons (Fsp3) is 1.00. The highest BCUT2D eigenvalue weighted by atomic mass is 16.5. The lowest BCUT2D eigenvalue weighted by Gasteiger charge is -2.24. The maximum atomic E-state index is 8.86. The van der Waals surface area contributed by atoms with Crippen molar-refractivity contribution in [2.75, 3.05) is 46.6 Å². The summed E-state index contributed by atoms with van der Waals surface area (Å²) < 4.78 is 10.4. The largest absolute Gasteiger partial charge is 0.396 e. The fourth-order valence-corrected chi connectivity index (χ4v) is 2.46. The van der Waals surface area contributed by atoms with E-state index in [4.69, 9.17) is 14.6 Å². The lowest BCUT2D eigenvalue weighted by molar-refractivity contribution is 0.0642. The van der Waals surface area contributed by atoms with E-state index in [1.54, 1.807) is 7.11 Å². The number of aliphatic hydroxyl groups excluding tert-OH is 1. The van der Waals surface area contributed by atoms with Crippen LogP contribution in [0.1, 0.15) is 32.1 Å². The van der Waals surface area contributed by atoms with Gasteiger partial charge in [0, 0.05) is 32.9 Å². The number of nitrogens with zero attached hydrogens (tertiary/aromatic N) is 1. The monoisotopic (exact) mass is 245 g/mol. The van der Waals surface area contributed by atoms with Crippen LogP contribution in [0.5, 0.6) is 0 Å². The van der Waals surface area contributed by atoms with Gasteiger partial charge in [0.1, 0.15) is 0 Å². The molecular weight excluding hydrogens is 218 g/mol. The molecular formula is C13H27NO3. The summed E-state index contributed by atoms with van der Waals surface area (Å²) in [4.78, 5) is 2.55. The van der Waals surface area contributed by atoms with Gasteiger partial charge in [-0.05, 0) is 38.6 Å². The highest BCUT2D eigenvalue weighted by Crippen LogP contribution is 2.21. The average molecular weight is 245 g/mol. The van der Waals surface area contributed by atoms with Crippen LogP contribution in [0.4, 0.5) is 0 Å². The predicted molar refractivity (Wildman–Crippen MR) is 68.2 cm³/mol. The lowest BCUT2D eigenvalue weighted by atomic mass is 10.1. The molecule has 1 aliphatic heterocycles. The zero-order valence-corrected chi connectivity index (χ0v) is 11.1. The minimum atomic E-state index is 0.324. The molecule has 0 bridgehead atoms. The molecule has 1 heterocycles. The molecule has 0 radical (unpaired) electrons. The number of aliphatic hydroxyl groups is 1. The third-order valence-corrected chi connectivity index (χ3v) is 3.36. The van der Waals surface area contributed by atoms with Gasteiger partial charge in [0.2, 0.25) is 0 Å². The maximum Gasteiger partial charge on any atom is 0.0700 e. The topological polar surface area (TPSA) is 41.9 Å². The van der Waals surface area contributed by atoms with Gasteiger partial charge in [0.15, 0.2) is 0 Å². The Hall–Kier alpha value is -0.160. The van der Waals surface area contributed by atoms with Crippen molar-refractivity contribution in [1.29, 1.82) is 0 Å². The van der Waals surface area contributed by atoms with Crippen molar-refractivity contribution in [2.24, 2.45) is 0 Å². The quantitative estimate of drug-likeness (QED) is 0.589. The molecule has 0 spiro atoms. The van der Waals surface area contributed by atoms with Crippen LogP contribution in [0.25, 0.3) is 0 Å². The Morgan fingerprint density at radius 1 is 1.24 bits per heavy atom.